The van der Waals surface area contributed by atoms with Gasteiger partial charge in [-0.2, -0.15) is 14.6 Å². The molecule has 0 aliphatic rings. The minimum absolute atomic E-state index is 0.253. The van der Waals surface area contributed by atoms with Crippen LogP contribution in [0.2, 0.25) is 0 Å². The van der Waals surface area contributed by atoms with Gasteiger partial charge in [-0.05, 0) is 41.8 Å². The number of benzene rings is 3. The predicted octanol–water partition coefficient (Wildman–Crippen LogP) is 3.54. The number of hydrogen-bond acceptors (Lipinski definition) is 6. The fourth-order valence-corrected chi connectivity index (χ4v) is 4.41. The van der Waals surface area contributed by atoms with Gasteiger partial charge in [-0.15, -0.1) is 0 Å². The first-order valence-electron chi connectivity index (χ1n) is 10.8. The van der Waals surface area contributed by atoms with Crippen molar-refractivity contribution in [3.05, 3.63) is 132 Å². The molecule has 7 heteroatoms. The van der Waals surface area contributed by atoms with Gasteiger partial charge in [-0.3, -0.25) is 9.59 Å². The lowest BCUT2D eigenvalue weighted by molar-refractivity contribution is 0.306. The van der Waals surface area contributed by atoms with E-state index in [1.54, 1.807) is 6.08 Å². The van der Waals surface area contributed by atoms with Crippen molar-refractivity contribution in [1.29, 1.82) is 0 Å². The average molecular weight is 468 g/mol. The molecule has 0 unspecified atom stereocenters. The van der Waals surface area contributed by atoms with Gasteiger partial charge in [0.05, 0.1) is 4.53 Å². The highest BCUT2D eigenvalue weighted by Gasteiger charge is 2.12. The lowest BCUT2D eigenvalue weighted by atomic mass is 10.1. The summed E-state index contributed by atoms with van der Waals surface area (Å²) in [5, 5.41) is 4.32. The van der Waals surface area contributed by atoms with Crippen LogP contribution in [0.5, 0.6) is 5.75 Å². The summed E-state index contributed by atoms with van der Waals surface area (Å²) in [6.45, 7) is 2.49. The Kier molecular flexibility index (Phi) is 6.01. The zero-order valence-corrected chi connectivity index (χ0v) is 19.3. The molecule has 2 aromatic heterocycles. The van der Waals surface area contributed by atoms with Crippen LogP contribution in [-0.2, 0) is 13.0 Å². The van der Waals surface area contributed by atoms with Crippen LogP contribution in [0.25, 0.3) is 11.0 Å². The van der Waals surface area contributed by atoms with Crippen LogP contribution in [0, 0.1) is 6.92 Å². The number of rotatable bonds is 6. The van der Waals surface area contributed by atoms with Crippen molar-refractivity contribution in [2.24, 2.45) is 0 Å². The monoisotopic (exact) mass is 467 g/mol. The third-order valence-corrected chi connectivity index (χ3v) is 6.33. The number of aryl methyl sites for hydroxylation is 1. The van der Waals surface area contributed by atoms with Crippen molar-refractivity contribution in [1.82, 2.24) is 14.6 Å². The number of fused-ring (bicyclic) bond motifs is 1. The van der Waals surface area contributed by atoms with Gasteiger partial charge in [0, 0.05) is 6.42 Å². The van der Waals surface area contributed by atoms with Gasteiger partial charge < -0.3 is 4.74 Å². The van der Waals surface area contributed by atoms with E-state index in [4.69, 9.17) is 4.74 Å². The van der Waals surface area contributed by atoms with Crippen molar-refractivity contribution in [2.45, 2.75) is 20.0 Å². The van der Waals surface area contributed by atoms with Crippen molar-refractivity contribution >= 4 is 22.4 Å². The second-order valence-electron chi connectivity index (χ2n) is 7.98. The quantitative estimate of drug-likeness (QED) is 0.382. The number of aromatic nitrogens is 3. The van der Waals surface area contributed by atoms with Crippen LogP contribution in [0.1, 0.15) is 27.9 Å². The van der Waals surface area contributed by atoms with E-state index in [-0.39, 0.29) is 16.2 Å². The third kappa shape index (κ3) is 4.79. The first kappa shape index (κ1) is 21.7. The number of ether oxygens (including phenoxy) is 1. The molecule has 0 amide bonds. The molecule has 34 heavy (non-hydrogen) atoms. The van der Waals surface area contributed by atoms with E-state index in [0.717, 1.165) is 39.3 Å². The molecule has 0 N–H and O–H groups in total. The van der Waals surface area contributed by atoms with E-state index in [0.29, 0.717) is 17.6 Å². The van der Waals surface area contributed by atoms with Gasteiger partial charge in [0.25, 0.3) is 11.1 Å². The Bertz CT molecular complexity index is 1610. The summed E-state index contributed by atoms with van der Waals surface area (Å²) in [6, 6.07) is 25.3. The normalized spacial score (nSPS) is 11.7. The zero-order valence-electron chi connectivity index (χ0n) is 18.5. The minimum atomic E-state index is -0.409. The van der Waals surface area contributed by atoms with Crippen molar-refractivity contribution in [3.63, 3.8) is 0 Å². The summed E-state index contributed by atoms with van der Waals surface area (Å²) in [5.41, 5.74) is 3.58. The Balaban J connectivity index is 1.39. The third-order valence-electron chi connectivity index (χ3n) is 5.37. The molecule has 2 heterocycles. The van der Waals surface area contributed by atoms with Crippen LogP contribution < -0.4 is 20.4 Å². The van der Waals surface area contributed by atoms with Crippen LogP contribution in [-0.4, -0.2) is 14.6 Å². The smallest absolute Gasteiger partial charge is 0.296 e. The fourth-order valence-electron chi connectivity index (χ4n) is 3.50. The molecule has 0 atom stereocenters. The SMILES string of the molecule is Cc1ccc(Cc2nn3c(=O)/c(=C\c4ccc(OCc5ccccc5)cc4)sc3nc2=O)cc1. The molecule has 0 bridgehead atoms. The Morgan fingerprint density at radius 3 is 2.38 bits per heavy atom. The Morgan fingerprint density at radius 2 is 1.65 bits per heavy atom. The van der Waals surface area contributed by atoms with E-state index in [1.165, 1.54) is 4.52 Å². The molecular formula is C27H21N3O3S. The Hall–Kier alpha value is -4.10. The second-order valence-corrected chi connectivity index (χ2v) is 8.99. The lowest BCUT2D eigenvalue weighted by Crippen LogP contribution is -2.28. The standard InChI is InChI=1S/C27H21N3O3S/c1-18-7-9-19(10-8-18)15-23-25(31)28-27-30(29-23)26(32)24(34-27)16-20-11-13-22(14-12-20)33-17-21-5-3-2-4-6-21/h2-14,16H,15,17H2,1H3/b24-16+. The summed E-state index contributed by atoms with van der Waals surface area (Å²) >= 11 is 1.15. The van der Waals surface area contributed by atoms with E-state index in [1.807, 2.05) is 85.8 Å². The highest BCUT2D eigenvalue weighted by atomic mass is 32.1. The summed E-state index contributed by atoms with van der Waals surface area (Å²) in [4.78, 5) is 29.8. The van der Waals surface area contributed by atoms with Crippen LogP contribution in [0.15, 0.2) is 88.5 Å². The molecule has 5 aromatic rings. The molecular weight excluding hydrogens is 446 g/mol. The molecule has 0 aliphatic carbocycles. The molecule has 0 radical (unpaired) electrons. The van der Waals surface area contributed by atoms with Crippen molar-refractivity contribution < 1.29 is 4.74 Å². The number of nitrogens with zero attached hydrogens (tertiary/aromatic N) is 3. The molecule has 168 valence electrons. The summed E-state index contributed by atoms with van der Waals surface area (Å²) in [6.07, 6.45) is 2.10. The highest BCUT2D eigenvalue weighted by Crippen LogP contribution is 2.15. The molecule has 0 saturated heterocycles. The maximum atomic E-state index is 12.9. The Labute approximate surface area is 199 Å². The molecule has 3 aromatic carbocycles. The van der Waals surface area contributed by atoms with Gasteiger partial charge in [-0.1, -0.05) is 83.6 Å². The molecule has 0 aliphatic heterocycles. The summed E-state index contributed by atoms with van der Waals surface area (Å²) < 4.78 is 7.50. The summed E-state index contributed by atoms with van der Waals surface area (Å²) in [5.74, 6) is 0.745. The molecule has 0 spiro atoms. The maximum absolute atomic E-state index is 12.9. The van der Waals surface area contributed by atoms with Gasteiger partial charge in [0.1, 0.15) is 18.1 Å². The molecule has 0 fully saturated rings. The van der Waals surface area contributed by atoms with E-state index >= 15 is 0 Å². The first-order valence-corrected chi connectivity index (χ1v) is 11.6. The number of hydrogen-bond donors (Lipinski definition) is 0. The van der Waals surface area contributed by atoms with Crippen molar-refractivity contribution in [3.8, 4) is 5.75 Å². The lowest BCUT2D eigenvalue weighted by Gasteiger charge is -2.06. The van der Waals surface area contributed by atoms with E-state index in [9.17, 15) is 9.59 Å². The van der Waals surface area contributed by atoms with Crippen LogP contribution in [0.4, 0.5) is 0 Å². The van der Waals surface area contributed by atoms with E-state index in [2.05, 4.69) is 10.1 Å². The largest absolute Gasteiger partial charge is 0.489 e. The predicted molar refractivity (Wildman–Crippen MR) is 133 cm³/mol. The number of thiazole rings is 1. The summed E-state index contributed by atoms with van der Waals surface area (Å²) in [7, 11) is 0. The van der Waals surface area contributed by atoms with Gasteiger partial charge in [0.15, 0.2) is 0 Å². The fraction of sp³-hybridized carbons (Fsp3) is 0.111. The maximum Gasteiger partial charge on any atom is 0.296 e. The van der Waals surface area contributed by atoms with E-state index < -0.39 is 5.56 Å². The van der Waals surface area contributed by atoms with Gasteiger partial charge in [-0.25, -0.2) is 0 Å². The molecule has 5 rings (SSSR count). The van der Waals surface area contributed by atoms with Gasteiger partial charge in [0.2, 0.25) is 4.96 Å². The second kappa shape index (κ2) is 9.41. The average Bonchev–Trinajstić information content (AvgIpc) is 3.15. The Morgan fingerprint density at radius 1 is 0.912 bits per heavy atom. The zero-order chi connectivity index (χ0) is 23.5. The minimum Gasteiger partial charge on any atom is -0.489 e. The first-order chi connectivity index (χ1) is 16.5. The van der Waals surface area contributed by atoms with Crippen LogP contribution in [0.3, 0.4) is 0 Å². The van der Waals surface area contributed by atoms with Crippen molar-refractivity contribution in [2.75, 3.05) is 0 Å². The van der Waals surface area contributed by atoms with Crippen LogP contribution >= 0.6 is 11.3 Å². The highest BCUT2D eigenvalue weighted by molar-refractivity contribution is 7.15. The topological polar surface area (TPSA) is 73.6 Å². The van der Waals surface area contributed by atoms with Gasteiger partial charge >= 0.3 is 0 Å². The molecule has 0 saturated carbocycles. The molecule has 6 nitrogen and oxygen atoms in total.